The fourth-order valence-electron chi connectivity index (χ4n) is 1.73. The lowest BCUT2D eigenvalue weighted by atomic mass is 10.0. The van der Waals surface area contributed by atoms with Gasteiger partial charge in [-0.05, 0) is 12.5 Å². The van der Waals surface area contributed by atoms with Gasteiger partial charge in [-0.2, -0.15) is 0 Å². The van der Waals surface area contributed by atoms with Gasteiger partial charge in [-0.15, -0.1) is 0 Å². The van der Waals surface area contributed by atoms with Gasteiger partial charge in [0.15, 0.2) is 0 Å². The summed E-state index contributed by atoms with van der Waals surface area (Å²) in [7, 11) is 0. The Kier molecular flexibility index (Phi) is 5.71. The van der Waals surface area contributed by atoms with Crippen LogP contribution in [0.15, 0.2) is 24.3 Å². The van der Waals surface area contributed by atoms with Crippen molar-refractivity contribution in [1.29, 1.82) is 0 Å². The monoisotopic (exact) mass is 278 g/mol. The smallest absolute Gasteiger partial charge is 0.322 e. The van der Waals surface area contributed by atoms with Crippen LogP contribution in [-0.4, -0.2) is 29.4 Å². The number of benzene rings is 1. The minimum absolute atomic E-state index is 0.00405. The molecule has 1 aromatic carbocycles. The van der Waals surface area contributed by atoms with Gasteiger partial charge in [0.05, 0.1) is 12.5 Å². The summed E-state index contributed by atoms with van der Waals surface area (Å²) in [6.07, 6.45) is -0.00405. The fraction of sp³-hybridized carbons (Fsp3) is 0.357. The van der Waals surface area contributed by atoms with E-state index in [2.05, 4.69) is 10.6 Å². The second kappa shape index (κ2) is 7.28. The van der Waals surface area contributed by atoms with Gasteiger partial charge in [-0.25, -0.2) is 0 Å². The topological polar surface area (TPSA) is 95.5 Å². The summed E-state index contributed by atoms with van der Waals surface area (Å²) >= 11 is 0. The third-order valence-corrected chi connectivity index (χ3v) is 2.68. The summed E-state index contributed by atoms with van der Waals surface area (Å²) in [5, 5.41) is 13.5. The Hall–Kier alpha value is -2.37. The molecule has 0 aliphatic rings. The number of carboxylic acid groups (broad SMARTS) is 1. The van der Waals surface area contributed by atoms with Crippen LogP contribution >= 0.6 is 0 Å². The van der Waals surface area contributed by atoms with Crippen LogP contribution in [0.5, 0.6) is 0 Å². The van der Waals surface area contributed by atoms with Crippen molar-refractivity contribution in [3.63, 3.8) is 0 Å². The van der Waals surface area contributed by atoms with Crippen LogP contribution in [0.3, 0.4) is 0 Å². The van der Waals surface area contributed by atoms with Crippen molar-refractivity contribution in [2.75, 3.05) is 6.54 Å². The third-order valence-electron chi connectivity index (χ3n) is 2.68. The number of hydrogen-bond donors (Lipinski definition) is 3. The van der Waals surface area contributed by atoms with Gasteiger partial charge in [0.1, 0.15) is 6.54 Å². The highest BCUT2D eigenvalue weighted by Gasteiger charge is 2.17. The van der Waals surface area contributed by atoms with E-state index in [1.165, 1.54) is 6.92 Å². The molecule has 1 unspecified atom stereocenters. The first kappa shape index (κ1) is 15.7. The standard InChI is InChI=1S/C14H18N2O4/c1-9-3-5-11(6-4-9)12(16-10(2)17)7-13(18)15-8-14(19)20/h3-6,12H,7-8H2,1-2H3,(H,15,18)(H,16,17)(H,19,20). The van der Waals surface area contributed by atoms with Gasteiger partial charge in [0.25, 0.3) is 0 Å². The Morgan fingerprint density at radius 3 is 2.30 bits per heavy atom. The van der Waals surface area contributed by atoms with Crippen LogP contribution in [0.4, 0.5) is 0 Å². The molecule has 0 fully saturated rings. The number of aryl methyl sites for hydroxylation is 1. The van der Waals surface area contributed by atoms with Crippen LogP contribution in [-0.2, 0) is 14.4 Å². The normalized spacial score (nSPS) is 11.5. The van der Waals surface area contributed by atoms with Crippen molar-refractivity contribution in [2.24, 2.45) is 0 Å². The Morgan fingerprint density at radius 1 is 1.20 bits per heavy atom. The number of carboxylic acids is 1. The van der Waals surface area contributed by atoms with Crippen molar-refractivity contribution in [2.45, 2.75) is 26.3 Å². The highest BCUT2D eigenvalue weighted by molar-refractivity contribution is 5.82. The average Bonchev–Trinajstić information content (AvgIpc) is 2.36. The van der Waals surface area contributed by atoms with Crippen LogP contribution in [0.25, 0.3) is 0 Å². The van der Waals surface area contributed by atoms with Gasteiger partial charge in [-0.1, -0.05) is 29.8 Å². The Balaban J connectivity index is 2.74. The third kappa shape index (κ3) is 5.51. The quantitative estimate of drug-likeness (QED) is 0.716. The van der Waals surface area contributed by atoms with E-state index in [9.17, 15) is 14.4 Å². The van der Waals surface area contributed by atoms with E-state index >= 15 is 0 Å². The summed E-state index contributed by atoms with van der Waals surface area (Å²) in [5.41, 5.74) is 1.88. The zero-order valence-electron chi connectivity index (χ0n) is 11.5. The number of amides is 2. The second-order valence-electron chi connectivity index (χ2n) is 4.54. The van der Waals surface area contributed by atoms with Gasteiger partial charge >= 0.3 is 5.97 Å². The summed E-state index contributed by atoms with van der Waals surface area (Å²) in [5.74, 6) is -1.78. The molecule has 0 heterocycles. The van der Waals surface area contributed by atoms with Gasteiger partial charge in [0.2, 0.25) is 11.8 Å². The Labute approximate surface area is 117 Å². The first-order valence-corrected chi connectivity index (χ1v) is 6.20. The Bertz CT molecular complexity index is 496. The first-order valence-electron chi connectivity index (χ1n) is 6.20. The molecule has 0 aliphatic carbocycles. The minimum Gasteiger partial charge on any atom is -0.480 e. The molecular weight excluding hydrogens is 260 g/mol. The molecule has 108 valence electrons. The van der Waals surface area contributed by atoms with Crippen molar-refractivity contribution in [3.05, 3.63) is 35.4 Å². The lowest BCUT2D eigenvalue weighted by Crippen LogP contribution is -2.34. The molecular formula is C14H18N2O4. The van der Waals surface area contributed by atoms with Crippen molar-refractivity contribution in [3.8, 4) is 0 Å². The predicted molar refractivity (Wildman–Crippen MR) is 73.0 cm³/mol. The molecule has 0 aromatic heterocycles. The molecule has 1 atom stereocenters. The maximum absolute atomic E-state index is 11.7. The van der Waals surface area contributed by atoms with Gasteiger partial charge in [0, 0.05) is 6.92 Å². The minimum atomic E-state index is -1.11. The molecule has 0 spiro atoms. The molecule has 0 bridgehead atoms. The van der Waals surface area contributed by atoms with E-state index in [0.29, 0.717) is 0 Å². The molecule has 0 saturated carbocycles. The molecule has 20 heavy (non-hydrogen) atoms. The SMILES string of the molecule is CC(=O)NC(CC(=O)NCC(=O)O)c1ccc(C)cc1. The molecule has 0 aliphatic heterocycles. The number of hydrogen-bond acceptors (Lipinski definition) is 3. The van der Waals surface area contributed by atoms with Crippen molar-refractivity contribution in [1.82, 2.24) is 10.6 Å². The van der Waals surface area contributed by atoms with Crippen LogP contribution < -0.4 is 10.6 Å². The maximum Gasteiger partial charge on any atom is 0.322 e. The van der Waals surface area contributed by atoms with E-state index in [4.69, 9.17) is 5.11 Å². The molecule has 3 N–H and O–H groups in total. The molecule has 2 amide bonds. The molecule has 1 aromatic rings. The highest BCUT2D eigenvalue weighted by Crippen LogP contribution is 2.17. The maximum atomic E-state index is 11.7. The number of carbonyl (C=O) groups excluding carboxylic acids is 2. The lowest BCUT2D eigenvalue weighted by Gasteiger charge is -2.18. The van der Waals surface area contributed by atoms with E-state index in [1.807, 2.05) is 31.2 Å². The molecule has 6 heteroatoms. The zero-order valence-corrected chi connectivity index (χ0v) is 11.5. The van der Waals surface area contributed by atoms with E-state index < -0.39 is 24.5 Å². The van der Waals surface area contributed by atoms with Crippen LogP contribution in [0.1, 0.15) is 30.5 Å². The summed E-state index contributed by atoms with van der Waals surface area (Å²) in [6.45, 7) is 2.88. The van der Waals surface area contributed by atoms with E-state index in [1.54, 1.807) is 0 Å². The highest BCUT2D eigenvalue weighted by atomic mass is 16.4. The Morgan fingerprint density at radius 2 is 1.80 bits per heavy atom. The number of carbonyl (C=O) groups is 3. The fourth-order valence-corrected chi connectivity index (χ4v) is 1.73. The van der Waals surface area contributed by atoms with Crippen molar-refractivity contribution >= 4 is 17.8 Å². The predicted octanol–water partition coefficient (Wildman–Crippen LogP) is 0.763. The number of aliphatic carboxylic acids is 1. The largest absolute Gasteiger partial charge is 0.480 e. The average molecular weight is 278 g/mol. The summed E-state index contributed by atoms with van der Waals surface area (Å²) in [4.78, 5) is 33.2. The zero-order chi connectivity index (χ0) is 15.1. The molecule has 6 nitrogen and oxygen atoms in total. The lowest BCUT2D eigenvalue weighted by molar-refractivity contribution is -0.138. The molecule has 1 rings (SSSR count). The van der Waals surface area contributed by atoms with Crippen LogP contribution in [0.2, 0.25) is 0 Å². The molecule has 0 radical (unpaired) electrons. The van der Waals surface area contributed by atoms with Gasteiger partial charge in [-0.3, -0.25) is 14.4 Å². The van der Waals surface area contributed by atoms with Crippen LogP contribution in [0, 0.1) is 6.92 Å². The van der Waals surface area contributed by atoms with E-state index in [-0.39, 0.29) is 12.3 Å². The summed E-state index contributed by atoms with van der Waals surface area (Å²) < 4.78 is 0. The van der Waals surface area contributed by atoms with Gasteiger partial charge < -0.3 is 15.7 Å². The van der Waals surface area contributed by atoms with E-state index in [0.717, 1.165) is 11.1 Å². The number of nitrogens with one attached hydrogen (secondary N) is 2. The first-order chi connectivity index (χ1) is 9.38. The second-order valence-corrected chi connectivity index (χ2v) is 4.54. The van der Waals surface area contributed by atoms with Crippen molar-refractivity contribution < 1.29 is 19.5 Å². The summed E-state index contributed by atoms with van der Waals surface area (Å²) in [6, 6.07) is 6.97. The molecule has 0 saturated heterocycles. The number of rotatable bonds is 6.